The maximum atomic E-state index is 12.8. The van der Waals surface area contributed by atoms with Crippen LogP contribution in [-0.2, 0) is 4.74 Å². The Balaban J connectivity index is 1.81. The first-order valence-electron chi connectivity index (χ1n) is 6.40. The number of halogens is 1. The normalized spacial score (nSPS) is 11.9. The van der Waals surface area contributed by atoms with Gasteiger partial charge >= 0.3 is 5.97 Å². The monoisotopic (exact) mass is 273 g/mol. The molecular formula is C16H16FNO2. The lowest BCUT2D eigenvalue weighted by atomic mass is 10.1. The summed E-state index contributed by atoms with van der Waals surface area (Å²) >= 11 is 0. The summed E-state index contributed by atoms with van der Waals surface area (Å²) < 4.78 is 17.9. The number of hydrogen-bond donors (Lipinski definition) is 1. The second-order valence-electron chi connectivity index (χ2n) is 4.45. The summed E-state index contributed by atoms with van der Waals surface area (Å²) in [6.45, 7) is 0.228. The van der Waals surface area contributed by atoms with Crippen molar-refractivity contribution in [2.24, 2.45) is 5.73 Å². The van der Waals surface area contributed by atoms with Crippen LogP contribution in [0.4, 0.5) is 4.39 Å². The van der Waals surface area contributed by atoms with Gasteiger partial charge in [0.05, 0.1) is 12.2 Å². The van der Waals surface area contributed by atoms with Gasteiger partial charge in [-0.15, -0.1) is 0 Å². The SMILES string of the molecule is N[C@@H](CCOC(=O)c1ccccc1)c1ccc(F)cc1. The molecule has 0 radical (unpaired) electrons. The Bertz CT molecular complexity index is 554. The zero-order valence-corrected chi connectivity index (χ0v) is 11.0. The van der Waals surface area contributed by atoms with Crippen molar-refractivity contribution < 1.29 is 13.9 Å². The molecule has 0 saturated carbocycles. The van der Waals surface area contributed by atoms with Crippen molar-refractivity contribution in [1.82, 2.24) is 0 Å². The van der Waals surface area contributed by atoms with Gasteiger partial charge in [0.1, 0.15) is 5.82 Å². The highest BCUT2D eigenvalue weighted by molar-refractivity contribution is 5.89. The Morgan fingerprint density at radius 1 is 1.10 bits per heavy atom. The molecule has 0 amide bonds. The van der Waals surface area contributed by atoms with E-state index in [4.69, 9.17) is 10.5 Å². The second-order valence-corrected chi connectivity index (χ2v) is 4.45. The minimum atomic E-state index is -0.364. The van der Waals surface area contributed by atoms with Crippen molar-refractivity contribution in [1.29, 1.82) is 0 Å². The fraction of sp³-hybridized carbons (Fsp3) is 0.188. The van der Waals surface area contributed by atoms with Crippen LogP contribution in [0, 0.1) is 5.82 Å². The number of carbonyl (C=O) groups excluding carboxylic acids is 1. The van der Waals surface area contributed by atoms with E-state index in [1.54, 1.807) is 36.4 Å². The second kappa shape index (κ2) is 6.82. The predicted molar refractivity (Wildman–Crippen MR) is 74.7 cm³/mol. The predicted octanol–water partition coefficient (Wildman–Crippen LogP) is 3.07. The Labute approximate surface area is 117 Å². The third-order valence-electron chi connectivity index (χ3n) is 2.97. The molecule has 2 N–H and O–H groups in total. The summed E-state index contributed by atoms with van der Waals surface area (Å²) in [4.78, 5) is 11.7. The zero-order chi connectivity index (χ0) is 14.4. The summed E-state index contributed by atoms with van der Waals surface area (Å²) in [5.74, 6) is -0.659. The third kappa shape index (κ3) is 3.90. The van der Waals surface area contributed by atoms with Crippen molar-refractivity contribution in [3.63, 3.8) is 0 Å². The number of benzene rings is 2. The first-order chi connectivity index (χ1) is 9.66. The largest absolute Gasteiger partial charge is 0.462 e. The van der Waals surface area contributed by atoms with Crippen molar-refractivity contribution in [2.75, 3.05) is 6.61 Å². The van der Waals surface area contributed by atoms with Gasteiger partial charge in [-0.25, -0.2) is 9.18 Å². The molecule has 104 valence electrons. The standard InChI is InChI=1S/C16H16FNO2/c17-14-8-6-12(7-9-14)15(18)10-11-20-16(19)13-4-2-1-3-5-13/h1-9,15H,10-11,18H2/t15-/m0/s1. The van der Waals surface area contributed by atoms with Crippen LogP contribution in [0.2, 0.25) is 0 Å². The van der Waals surface area contributed by atoms with E-state index in [2.05, 4.69) is 0 Å². The van der Waals surface area contributed by atoms with Gasteiger partial charge in [-0.3, -0.25) is 0 Å². The van der Waals surface area contributed by atoms with E-state index in [9.17, 15) is 9.18 Å². The Kier molecular flexibility index (Phi) is 4.85. The zero-order valence-electron chi connectivity index (χ0n) is 11.0. The molecule has 0 bridgehead atoms. The molecule has 0 saturated heterocycles. The van der Waals surface area contributed by atoms with Gasteiger partial charge in [0, 0.05) is 12.5 Å². The summed E-state index contributed by atoms with van der Waals surface area (Å²) in [6.07, 6.45) is 0.490. The summed E-state index contributed by atoms with van der Waals surface area (Å²) in [7, 11) is 0. The first kappa shape index (κ1) is 14.2. The lowest BCUT2D eigenvalue weighted by Gasteiger charge is -2.12. The van der Waals surface area contributed by atoms with Gasteiger partial charge in [-0.2, -0.15) is 0 Å². The van der Waals surface area contributed by atoms with E-state index in [-0.39, 0.29) is 24.4 Å². The van der Waals surface area contributed by atoms with Crippen LogP contribution in [0.5, 0.6) is 0 Å². The highest BCUT2D eigenvalue weighted by Crippen LogP contribution is 2.14. The molecule has 2 aromatic rings. The molecule has 0 aliphatic carbocycles. The summed E-state index contributed by atoms with van der Waals surface area (Å²) in [5.41, 5.74) is 7.29. The molecular weight excluding hydrogens is 257 g/mol. The maximum Gasteiger partial charge on any atom is 0.338 e. The molecule has 20 heavy (non-hydrogen) atoms. The molecule has 0 aliphatic heterocycles. The topological polar surface area (TPSA) is 52.3 Å². The van der Waals surface area contributed by atoms with E-state index in [0.29, 0.717) is 12.0 Å². The highest BCUT2D eigenvalue weighted by atomic mass is 19.1. The number of ether oxygens (including phenoxy) is 1. The van der Waals surface area contributed by atoms with Gasteiger partial charge in [0.15, 0.2) is 0 Å². The van der Waals surface area contributed by atoms with E-state index >= 15 is 0 Å². The molecule has 0 heterocycles. The smallest absolute Gasteiger partial charge is 0.338 e. The minimum absolute atomic E-state index is 0.228. The molecule has 0 aromatic heterocycles. The molecule has 0 aliphatic rings. The third-order valence-corrected chi connectivity index (χ3v) is 2.97. The lowest BCUT2D eigenvalue weighted by molar-refractivity contribution is 0.0493. The van der Waals surface area contributed by atoms with Gasteiger partial charge in [0.2, 0.25) is 0 Å². The molecule has 2 aromatic carbocycles. The average Bonchev–Trinajstić information content (AvgIpc) is 2.48. The molecule has 3 nitrogen and oxygen atoms in total. The number of hydrogen-bond acceptors (Lipinski definition) is 3. The number of carbonyl (C=O) groups is 1. The Hall–Kier alpha value is -2.20. The van der Waals surface area contributed by atoms with Crippen LogP contribution in [0.25, 0.3) is 0 Å². The summed E-state index contributed by atoms with van der Waals surface area (Å²) in [6, 6.07) is 14.5. The van der Waals surface area contributed by atoms with Crippen LogP contribution in [0.15, 0.2) is 54.6 Å². The van der Waals surface area contributed by atoms with E-state index in [1.165, 1.54) is 12.1 Å². The van der Waals surface area contributed by atoms with Crippen LogP contribution in [0.3, 0.4) is 0 Å². The summed E-state index contributed by atoms with van der Waals surface area (Å²) in [5, 5.41) is 0. The molecule has 2 rings (SSSR count). The molecule has 4 heteroatoms. The van der Waals surface area contributed by atoms with Crippen molar-refractivity contribution in [2.45, 2.75) is 12.5 Å². The molecule has 1 atom stereocenters. The fourth-order valence-corrected chi connectivity index (χ4v) is 1.81. The quantitative estimate of drug-likeness (QED) is 0.852. The molecule has 0 spiro atoms. The number of esters is 1. The van der Waals surface area contributed by atoms with Crippen LogP contribution >= 0.6 is 0 Å². The van der Waals surface area contributed by atoms with Gasteiger partial charge < -0.3 is 10.5 Å². The van der Waals surface area contributed by atoms with Crippen LogP contribution < -0.4 is 5.73 Å². The molecule has 0 fully saturated rings. The van der Waals surface area contributed by atoms with Crippen molar-refractivity contribution in [3.05, 3.63) is 71.5 Å². The van der Waals surface area contributed by atoms with Crippen molar-refractivity contribution in [3.8, 4) is 0 Å². The van der Waals surface area contributed by atoms with E-state index in [0.717, 1.165) is 5.56 Å². The maximum absolute atomic E-state index is 12.8. The number of nitrogens with two attached hydrogens (primary N) is 1. The van der Waals surface area contributed by atoms with Crippen molar-refractivity contribution >= 4 is 5.97 Å². The van der Waals surface area contributed by atoms with Gasteiger partial charge in [-0.05, 0) is 29.8 Å². The highest BCUT2D eigenvalue weighted by Gasteiger charge is 2.09. The lowest BCUT2D eigenvalue weighted by Crippen LogP contribution is -2.15. The van der Waals surface area contributed by atoms with Crippen LogP contribution in [0.1, 0.15) is 28.4 Å². The Morgan fingerprint density at radius 3 is 2.40 bits per heavy atom. The number of rotatable bonds is 5. The van der Waals surface area contributed by atoms with Crippen LogP contribution in [-0.4, -0.2) is 12.6 Å². The van der Waals surface area contributed by atoms with Gasteiger partial charge in [0.25, 0.3) is 0 Å². The van der Waals surface area contributed by atoms with E-state index in [1.807, 2.05) is 6.07 Å². The average molecular weight is 273 g/mol. The first-order valence-corrected chi connectivity index (χ1v) is 6.40. The minimum Gasteiger partial charge on any atom is -0.462 e. The molecule has 0 unspecified atom stereocenters. The van der Waals surface area contributed by atoms with Gasteiger partial charge in [-0.1, -0.05) is 30.3 Å². The van der Waals surface area contributed by atoms with E-state index < -0.39 is 0 Å². The fourth-order valence-electron chi connectivity index (χ4n) is 1.81. The Morgan fingerprint density at radius 2 is 1.75 bits per heavy atom.